The lowest BCUT2D eigenvalue weighted by molar-refractivity contribution is 0.0998. The minimum Gasteiger partial charge on any atom is -0.495 e. The number of carbonyl (C=O) groups is 1. The fraction of sp³-hybridized carbons (Fsp3) is 0.192. The predicted molar refractivity (Wildman–Crippen MR) is 125 cm³/mol. The topological polar surface area (TPSA) is 86.7 Å². The minimum absolute atomic E-state index is 0.0635. The van der Waals surface area contributed by atoms with Gasteiger partial charge in [0.25, 0.3) is 5.91 Å². The first-order chi connectivity index (χ1) is 15.5. The Hall–Kier alpha value is -3.77. The molecule has 3 aromatic carbocycles. The SMILES string of the molecule is COc1ccccc1NC(=O)c1cc2c(C(N)C(C)c3ccccc3)ccc(OC)c2o1. The number of ether oxygens (including phenoxy) is 2. The number of anilines is 1. The molecular formula is C26H26N2O4. The first kappa shape index (κ1) is 21.5. The number of hydrogen-bond donors (Lipinski definition) is 2. The molecule has 3 N–H and O–H groups in total. The first-order valence-corrected chi connectivity index (χ1v) is 10.4. The molecule has 0 saturated carbocycles. The van der Waals surface area contributed by atoms with E-state index < -0.39 is 0 Å². The second-order valence-corrected chi connectivity index (χ2v) is 7.59. The highest BCUT2D eigenvalue weighted by Gasteiger charge is 2.24. The van der Waals surface area contributed by atoms with Crippen LogP contribution in [0.5, 0.6) is 11.5 Å². The highest BCUT2D eigenvalue weighted by molar-refractivity contribution is 6.06. The third kappa shape index (κ3) is 4.05. The van der Waals surface area contributed by atoms with Crippen molar-refractivity contribution in [2.75, 3.05) is 19.5 Å². The molecule has 4 rings (SSSR count). The molecule has 0 spiro atoms. The number of fused-ring (bicyclic) bond motifs is 1. The zero-order valence-corrected chi connectivity index (χ0v) is 18.3. The van der Waals surface area contributed by atoms with Crippen LogP contribution in [-0.2, 0) is 0 Å². The molecule has 0 bridgehead atoms. The van der Waals surface area contributed by atoms with Crippen LogP contribution in [0.2, 0.25) is 0 Å². The van der Waals surface area contributed by atoms with Crippen LogP contribution in [0.15, 0.2) is 77.2 Å². The molecule has 0 aliphatic carbocycles. The highest BCUT2D eigenvalue weighted by atomic mass is 16.5. The van der Waals surface area contributed by atoms with Crippen molar-refractivity contribution in [2.24, 2.45) is 5.73 Å². The Morgan fingerprint density at radius 1 is 0.938 bits per heavy atom. The van der Waals surface area contributed by atoms with Gasteiger partial charge in [-0.05, 0) is 35.4 Å². The molecule has 32 heavy (non-hydrogen) atoms. The van der Waals surface area contributed by atoms with Gasteiger partial charge in [0, 0.05) is 17.3 Å². The van der Waals surface area contributed by atoms with Gasteiger partial charge in [-0.25, -0.2) is 0 Å². The van der Waals surface area contributed by atoms with E-state index in [-0.39, 0.29) is 23.6 Å². The number of nitrogens with two attached hydrogens (primary N) is 1. The quantitative estimate of drug-likeness (QED) is 0.404. The molecule has 0 aliphatic rings. The van der Waals surface area contributed by atoms with Crippen LogP contribution in [0.3, 0.4) is 0 Å². The molecule has 2 atom stereocenters. The molecule has 6 nitrogen and oxygen atoms in total. The van der Waals surface area contributed by atoms with Gasteiger partial charge < -0.3 is 24.9 Å². The smallest absolute Gasteiger partial charge is 0.291 e. The van der Waals surface area contributed by atoms with E-state index in [1.54, 1.807) is 32.4 Å². The lowest BCUT2D eigenvalue weighted by Crippen LogP contribution is -2.18. The fourth-order valence-electron chi connectivity index (χ4n) is 3.85. The third-order valence-corrected chi connectivity index (χ3v) is 5.70. The monoisotopic (exact) mass is 430 g/mol. The highest BCUT2D eigenvalue weighted by Crippen LogP contribution is 2.38. The Balaban J connectivity index is 1.71. The first-order valence-electron chi connectivity index (χ1n) is 10.4. The van der Waals surface area contributed by atoms with Crippen molar-refractivity contribution in [1.82, 2.24) is 0 Å². The summed E-state index contributed by atoms with van der Waals surface area (Å²) in [6.45, 7) is 2.09. The fourth-order valence-corrected chi connectivity index (χ4v) is 3.85. The molecule has 2 unspecified atom stereocenters. The maximum Gasteiger partial charge on any atom is 0.291 e. The van der Waals surface area contributed by atoms with Crippen LogP contribution < -0.4 is 20.5 Å². The maximum absolute atomic E-state index is 13.0. The van der Waals surface area contributed by atoms with E-state index in [1.807, 2.05) is 42.5 Å². The molecule has 4 aromatic rings. The lowest BCUT2D eigenvalue weighted by atomic mass is 9.88. The number of nitrogens with one attached hydrogen (secondary N) is 1. The van der Waals surface area contributed by atoms with Crippen molar-refractivity contribution in [2.45, 2.75) is 18.9 Å². The lowest BCUT2D eigenvalue weighted by Gasteiger charge is -2.21. The van der Waals surface area contributed by atoms with Crippen LogP contribution >= 0.6 is 0 Å². The van der Waals surface area contributed by atoms with Crippen molar-refractivity contribution in [3.05, 3.63) is 89.7 Å². The van der Waals surface area contributed by atoms with E-state index in [0.29, 0.717) is 22.8 Å². The van der Waals surface area contributed by atoms with Gasteiger partial charge in [0.05, 0.1) is 19.9 Å². The number of hydrogen-bond acceptors (Lipinski definition) is 5. The van der Waals surface area contributed by atoms with E-state index >= 15 is 0 Å². The molecule has 164 valence electrons. The zero-order chi connectivity index (χ0) is 22.7. The summed E-state index contributed by atoms with van der Waals surface area (Å²) in [4.78, 5) is 13.0. The molecule has 0 fully saturated rings. The summed E-state index contributed by atoms with van der Waals surface area (Å²) in [6.07, 6.45) is 0. The molecule has 1 heterocycles. The number of methoxy groups -OCH3 is 2. The zero-order valence-electron chi connectivity index (χ0n) is 18.3. The Labute approximate surface area is 186 Å². The van der Waals surface area contributed by atoms with Crippen LogP contribution in [-0.4, -0.2) is 20.1 Å². The van der Waals surface area contributed by atoms with E-state index in [2.05, 4.69) is 24.4 Å². The van der Waals surface area contributed by atoms with E-state index in [1.165, 1.54) is 0 Å². The normalized spacial score (nSPS) is 12.9. The number of benzene rings is 3. The molecule has 0 radical (unpaired) electrons. The van der Waals surface area contributed by atoms with Crippen molar-refractivity contribution in [3.8, 4) is 11.5 Å². The number of amides is 1. The summed E-state index contributed by atoms with van der Waals surface area (Å²) in [5, 5.41) is 3.60. The Bertz CT molecular complexity index is 1230. The van der Waals surface area contributed by atoms with Gasteiger partial charge >= 0.3 is 0 Å². The molecule has 6 heteroatoms. The van der Waals surface area contributed by atoms with Crippen LogP contribution in [0.4, 0.5) is 5.69 Å². The van der Waals surface area contributed by atoms with Crippen molar-refractivity contribution < 1.29 is 18.7 Å². The maximum atomic E-state index is 13.0. The van der Waals surface area contributed by atoms with Crippen LogP contribution in [0, 0.1) is 0 Å². The van der Waals surface area contributed by atoms with Gasteiger partial charge in [-0.15, -0.1) is 0 Å². The molecule has 0 saturated heterocycles. The van der Waals surface area contributed by atoms with Gasteiger partial charge in [0.15, 0.2) is 17.1 Å². The average Bonchev–Trinajstić information content (AvgIpc) is 3.29. The predicted octanol–water partition coefficient (Wildman–Crippen LogP) is 5.51. The standard InChI is InChI=1S/C26H26N2O4/c1-16(17-9-5-4-6-10-17)24(27)18-13-14-22(31-3)25-19(18)15-23(32-25)26(29)28-20-11-7-8-12-21(20)30-2/h4-16,24H,27H2,1-3H3,(H,28,29). The summed E-state index contributed by atoms with van der Waals surface area (Å²) < 4.78 is 16.7. The number of para-hydroxylation sites is 2. The Morgan fingerprint density at radius 2 is 1.62 bits per heavy atom. The summed E-state index contributed by atoms with van der Waals surface area (Å²) in [5.74, 6) is 0.946. The number of rotatable bonds is 7. The summed E-state index contributed by atoms with van der Waals surface area (Å²) in [6, 6.07) is 22.5. The van der Waals surface area contributed by atoms with Gasteiger partial charge in [-0.3, -0.25) is 4.79 Å². The van der Waals surface area contributed by atoms with Gasteiger partial charge in [0.1, 0.15) is 5.75 Å². The minimum atomic E-state index is -0.386. The Morgan fingerprint density at radius 3 is 2.34 bits per heavy atom. The molecule has 0 aliphatic heterocycles. The largest absolute Gasteiger partial charge is 0.495 e. The Kier molecular flexibility index (Phi) is 6.14. The number of furan rings is 1. The van der Waals surface area contributed by atoms with Crippen LogP contribution in [0.25, 0.3) is 11.0 Å². The molecule has 1 amide bonds. The van der Waals surface area contributed by atoms with Gasteiger partial charge in [0.2, 0.25) is 0 Å². The van der Waals surface area contributed by atoms with Gasteiger partial charge in [-0.2, -0.15) is 0 Å². The average molecular weight is 431 g/mol. The summed E-state index contributed by atoms with van der Waals surface area (Å²) >= 11 is 0. The third-order valence-electron chi connectivity index (χ3n) is 5.70. The summed E-state index contributed by atoms with van der Waals surface area (Å²) in [5.41, 5.74) is 9.75. The molecule has 1 aromatic heterocycles. The van der Waals surface area contributed by atoms with Gasteiger partial charge in [-0.1, -0.05) is 55.5 Å². The second kappa shape index (κ2) is 9.16. The van der Waals surface area contributed by atoms with E-state index in [0.717, 1.165) is 16.5 Å². The summed E-state index contributed by atoms with van der Waals surface area (Å²) in [7, 11) is 3.12. The van der Waals surface area contributed by atoms with Crippen molar-refractivity contribution >= 4 is 22.6 Å². The van der Waals surface area contributed by atoms with E-state index in [4.69, 9.17) is 19.6 Å². The number of carbonyl (C=O) groups excluding carboxylic acids is 1. The van der Waals surface area contributed by atoms with Crippen LogP contribution in [0.1, 0.15) is 40.6 Å². The van der Waals surface area contributed by atoms with Crippen molar-refractivity contribution in [3.63, 3.8) is 0 Å². The molecular weight excluding hydrogens is 404 g/mol. The van der Waals surface area contributed by atoms with Crippen molar-refractivity contribution in [1.29, 1.82) is 0 Å². The second-order valence-electron chi connectivity index (χ2n) is 7.59. The van der Waals surface area contributed by atoms with E-state index in [9.17, 15) is 4.79 Å².